The molecule has 12 nitrogen and oxygen atoms in total. The van der Waals surface area contributed by atoms with E-state index in [0.717, 1.165) is 0 Å². The Labute approximate surface area is 128 Å². The van der Waals surface area contributed by atoms with Gasteiger partial charge in [-0.3, -0.25) is 9.09 Å². The monoisotopic (exact) mass is 347 g/mol. The lowest BCUT2D eigenvalue weighted by Crippen LogP contribution is -2.35. The third-order valence-electron chi connectivity index (χ3n) is 3.41. The topological polar surface area (TPSA) is 186 Å². The number of phosphoric acid groups is 1. The van der Waals surface area contributed by atoms with Gasteiger partial charge in [0.1, 0.15) is 30.2 Å². The van der Waals surface area contributed by atoms with Crippen molar-refractivity contribution in [2.45, 2.75) is 24.5 Å². The van der Waals surface area contributed by atoms with E-state index in [1.165, 1.54) is 17.2 Å². The van der Waals surface area contributed by atoms with Crippen LogP contribution in [0.1, 0.15) is 6.23 Å². The molecule has 0 aromatic carbocycles. The van der Waals surface area contributed by atoms with Crippen LogP contribution in [0.15, 0.2) is 12.7 Å². The van der Waals surface area contributed by atoms with Crippen molar-refractivity contribution in [2.75, 3.05) is 12.3 Å². The average Bonchev–Trinajstić information content (AvgIpc) is 3.01. The number of anilines is 1. The second kappa shape index (κ2) is 5.76. The van der Waals surface area contributed by atoms with E-state index in [0.29, 0.717) is 0 Å². The molecule has 3 rings (SSSR count). The van der Waals surface area contributed by atoms with Crippen molar-refractivity contribution in [1.29, 1.82) is 0 Å². The van der Waals surface area contributed by atoms with Gasteiger partial charge >= 0.3 is 7.82 Å². The first kappa shape index (κ1) is 16.2. The summed E-state index contributed by atoms with van der Waals surface area (Å²) >= 11 is 0. The second-order valence-electron chi connectivity index (χ2n) is 4.88. The highest BCUT2D eigenvalue weighted by atomic mass is 31.2. The summed E-state index contributed by atoms with van der Waals surface area (Å²) in [5.41, 5.74) is 6.21. The molecule has 0 radical (unpaired) electrons. The summed E-state index contributed by atoms with van der Waals surface area (Å²) in [4.78, 5) is 29.6. The predicted octanol–water partition coefficient (Wildman–Crippen LogP) is -1.86. The lowest BCUT2D eigenvalue weighted by molar-refractivity contribution is -0.0509. The SMILES string of the molecule is Nc1ncnc2c1ncn2[C@@H]1O[C@H](CO)C(OP(=O)(O)O)[C@@H]1O. The van der Waals surface area contributed by atoms with Crippen LogP contribution < -0.4 is 5.73 Å². The van der Waals surface area contributed by atoms with Crippen LogP contribution in [0.2, 0.25) is 0 Å². The molecule has 4 atom stereocenters. The maximum Gasteiger partial charge on any atom is 0.470 e. The van der Waals surface area contributed by atoms with Crippen molar-refractivity contribution in [3.63, 3.8) is 0 Å². The quantitative estimate of drug-likeness (QED) is 0.390. The normalized spacial score (nSPS) is 28.5. The number of hydrogen-bond donors (Lipinski definition) is 5. The molecule has 1 aliphatic heterocycles. The maximum atomic E-state index is 11.0. The van der Waals surface area contributed by atoms with Gasteiger partial charge < -0.3 is 30.5 Å². The van der Waals surface area contributed by atoms with Gasteiger partial charge in [-0.15, -0.1) is 0 Å². The minimum absolute atomic E-state index is 0.128. The van der Waals surface area contributed by atoms with E-state index >= 15 is 0 Å². The molecular weight excluding hydrogens is 333 g/mol. The van der Waals surface area contributed by atoms with Crippen molar-refractivity contribution < 1.29 is 33.8 Å². The second-order valence-corrected chi connectivity index (χ2v) is 6.07. The first-order chi connectivity index (χ1) is 10.8. The Morgan fingerprint density at radius 3 is 2.78 bits per heavy atom. The van der Waals surface area contributed by atoms with Crippen LogP contribution in [-0.2, 0) is 13.8 Å². The van der Waals surface area contributed by atoms with Gasteiger partial charge in [0.15, 0.2) is 17.7 Å². The molecule has 3 heterocycles. The molecule has 2 aromatic rings. The Bertz CT molecular complexity index is 763. The molecule has 126 valence electrons. The van der Waals surface area contributed by atoms with Crippen LogP contribution in [-0.4, -0.2) is 64.4 Å². The van der Waals surface area contributed by atoms with E-state index in [9.17, 15) is 14.8 Å². The number of aliphatic hydroxyl groups is 2. The summed E-state index contributed by atoms with van der Waals surface area (Å²) in [7, 11) is -4.88. The van der Waals surface area contributed by atoms with E-state index in [1.54, 1.807) is 0 Å². The minimum atomic E-state index is -4.88. The molecule has 23 heavy (non-hydrogen) atoms. The standard InChI is InChI=1S/C10H14N5O7P/c11-8-5-9(13-2-12-8)15(3-14-5)10-6(17)7(4(1-16)21-10)22-23(18,19)20/h2-4,6-7,10,16-17H,1H2,(H2,11,12,13)(H2,18,19,20)/t4-,6+,7?,10-/m1/s1. The van der Waals surface area contributed by atoms with Gasteiger partial charge in [0, 0.05) is 0 Å². The molecule has 13 heteroatoms. The number of phosphoric ester groups is 1. The zero-order chi connectivity index (χ0) is 16.8. The van der Waals surface area contributed by atoms with Gasteiger partial charge in [-0.25, -0.2) is 19.5 Å². The molecule has 1 fully saturated rings. The first-order valence-corrected chi connectivity index (χ1v) is 7.96. The Kier molecular flexibility index (Phi) is 4.06. The van der Waals surface area contributed by atoms with Crippen LogP contribution in [0.25, 0.3) is 11.2 Å². The van der Waals surface area contributed by atoms with Crippen LogP contribution in [0.5, 0.6) is 0 Å². The number of aromatic nitrogens is 4. The van der Waals surface area contributed by atoms with E-state index in [-0.39, 0.29) is 17.0 Å². The first-order valence-electron chi connectivity index (χ1n) is 6.43. The fraction of sp³-hybridized carbons (Fsp3) is 0.500. The van der Waals surface area contributed by atoms with Crippen molar-refractivity contribution >= 4 is 24.8 Å². The Morgan fingerprint density at radius 1 is 1.39 bits per heavy atom. The molecule has 0 saturated carbocycles. The van der Waals surface area contributed by atoms with Crippen LogP contribution in [0, 0.1) is 0 Å². The number of fused-ring (bicyclic) bond motifs is 1. The predicted molar refractivity (Wildman–Crippen MR) is 73.7 cm³/mol. The molecule has 1 saturated heterocycles. The fourth-order valence-corrected chi connectivity index (χ4v) is 3.02. The molecule has 1 aliphatic rings. The van der Waals surface area contributed by atoms with Crippen LogP contribution >= 0.6 is 7.82 Å². The summed E-state index contributed by atoms with van der Waals surface area (Å²) in [6.07, 6.45) is -2.68. The average molecular weight is 347 g/mol. The Balaban J connectivity index is 1.96. The number of nitrogens with zero attached hydrogens (tertiary/aromatic N) is 4. The molecule has 2 aromatic heterocycles. The molecule has 6 N–H and O–H groups in total. The highest BCUT2D eigenvalue weighted by molar-refractivity contribution is 7.46. The zero-order valence-corrected chi connectivity index (χ0v) is 12.4. The third-order valence-corrected chi connectivity index (χ3v) is 3.93. The zero-order valence-electron chi connectivity index (χ0n) is 11.5. The highest BCUT2D eigenvalue weighted by Gasteiger charge is 2.48. The number of nitrogen functional groups attached to an aromatic ring is 1. The molecule has 0 spiro atoms. The number of aliphatic hydroxyl groups excluding tert-OH is 2. The van der Waals surface area contributed by atoms with Gasteiger partial charge in [0.2, 0.25) is 0 Å². The number of imidazole rings is 1. The molecule has 1 unspecified atom stereocenters. The van der Waals surface area contributed by atoms with Gasteiger partial charge in [0.25, 0.3) is 0 Å². The summed E-state index contributed by atoms with van der Waals surface area (Å²) in [5, 5.41) is 19.6. The minimum Gasteiger partial charge on any atom is -0.394 e. The summed E-state index contributed by atoms with van der Waals surface area (Å²) in [6, 6.07) is 0. The molecule has 0 aliphatic carbocycles. The third kappa shape index (κ3) is 2.93. The van der Waals surface area contributed by atoms with Crippen LogP contribution in [0.4, 0.5) is 5.82 Å². The molecule has 0 amide bonds. The number of hydrogen-bond acceptors (Lipinski definition) is 9. The lowest BCUT2D eigenvalue weighted by Gasteiger charge is -2.19. The fourth-order valence-electron chi connectivity index (χ4n) is 2.44. The van der Waals surface area contributed by atoms with Gasteiger partial charge in [-0.1, -0.05) is 0 Å². The van der Waals surface area contributed by atoms with Crippen molar-refractivity contribution in [2.24, 2.45) is 0 Å². The van der Waals surface area contributed by atoms with Crippen LogP contribution in [0.3, 0.4) is 0 Å². The number of ether oxygens (including phenoxy) is 1. The van der Waals surface area contributed by atoms with Crippen molar-refractivity contribution in [3.05, 3.63) is 12.7 Å². The molecular formula is C10H14N5O7P. The number of nitrogens with two attached hydrogens (primary N) is 1. The van der Waals surface area contributed by atoms with E-state index < -0.39 is 39.0 Å². The van der Waals surface area contributed by atoms with Gasteiger partial charge in [-0.2, -0.15) is 0 Å². The number of rotatable bonds is 4. The highest BCUT2D eigenvalue weighted by Crippen LogP contribution is 2.44. The van der Waals surface area contributed by atoms with Gasteiger partial charge in [0.05, 0.1) is 12.9 Å². The molecule has 0 bridgehead atoms. The summed E-state index contributed by atoms with van der Waals surface area (Å²) in [5.74, 6) is 0.128. The summed E-state index contributed by atoms with van der Waals surface area (Å²) < 4.78 is 22.3. The lowest BCUT2D eigenvalue weighted by atomic mass is 10.1. The Morgan fingerprint density at radius 2 is 2.13 bits per heavy atom. The largest absolute Gasteiger partial charge is 0.470 e. The van der Waals surface area contributed by atoms with Gasteiger partial charge in [-0.05, 0) is 0 Å². The van der Waals surface area contributed by atoms with Crippen molar-refractivity contribution in [1.82, 2.24) is 19.5 Å². The van der Waals surface area contributed by atoms with E-state index in [4.69, 9.17) is 20.3 Å². The van der Waals surface area contributed by atoms with Crippen molar-refractivity contribution in [3.8, 4) is 0 Å². The Hall–Kier alpha value is -1.66. The smallest absolute Gasteiger partial charge is 0.394 e. The summed E-state index contributed by atoms with van der Waals surface area (Å²) in [6.45, 7) is -0.609. The maximum absolute atomic E-state index is 11.0. The van der Waals surface area contributed by atoms with E-state index in [2.05, 4.69) is 19.5 Å². The van der Waals surface area contributed by atoms with E-state index in [1.807, 2.05) is 0 Å².